The van der Waals surface area contributed by atoms with Crippen molar-refractivity contribution < 1.29 is 4.79 Å². The smallest absolute Gasteiger partial charge is 0.257 e. The van der Waals surface area contributed by atoms with Crippen LogP contribution in [0.5, 0.6) is 0 Å². The van der Waals surface area contributed by atoms with Gasteiger partial charge in [-0.25, -0.2) is 5.43 Å². The summed E-state index contributed by atoms with van der Waals surface area (Å²) >= 11 is 0. The lowest BCUT2D eigenvalue weighted by atomic mass is 10.0. The Balaban J connectivity index is 1.81. The molecule has 3 rings (SSSR count). The van der Waals surface area contributed by atoms with E-state index in [0.29, 0.717) is 12.1 Å². The molecule has 3 heterocycles. The number of hydrogen-bond acceptors (Lipinski definition) is 6. The van der Waals surface area contributed by atoms with E-state index in [4.69, 9.17) is 0 Å². The first-order chi connectivity index (χ1) is 13.3. The molecule has 0 spiro atoms. The van der Waals surface area contributed by atoms with E-state index in [2.05, 4.69) is 25.5 Å². The van der Waals surface area contributed by atoms with Crippen molar-refractivity contribution >= 4 is 11.6 Å². The van der Waals surface area contributed by atoms with Gasteiger partial charge in [-0.2, -0.15) is 10.4 Å². The van der Waals surface area contributed by atoms with Crippen LogP contribution >= 0.6 is 0 Å². The van der Waals surface area contributed by atoms with E-state index >= 15 is 0 Å². The lowest BCUT2D eigenvalue weighted by Gasteiger charge is -2.10. The number of rotatable bonds is 6. The first kappa shape index (κ1) is 17.9. The molecule has 0 aliphatic heterocycles. The second-order valence-corrected chi connectivity index (χ2v) is 5.65. The van der Waals surface area contributed by atoms with Gasteiger partial charge in [0, 0.05) is 48.3 Å². The zero-order valence-corrected chi connectivity index (χ0v) is 14.4. The van der Waals surface area contributed by atoms with E-state index in [0.717, 1.165) is 16.7 Å². The molecule has 3 aromatic rings. The number of carbonyl (C=O) groups excluding carboxylic acids is 1. The largest absolute Gasteiger partial charge is 0.272 e. The minimum Gasteiger partial charge on any atom is -0.272 e. The van der Waals surface area contributed by atoms with Crippen LogP contribution in [0.15, 0.2) is 78.7 Å². The molecule has 0 fully saturated rings. The quantitative estimate of drug-likeness (QED) is 0.538. The molecule has 1 unspecified atom stereocenters. The summed E-state index contributed by atoms with van der Waals surface area (Å²) in [4.78, 5) is 24.4. The Labute approximate surface area is 156 Å². The molecule has 1 atom stereocenters. The fourth-order valence-corrected chi connectivity index (χ4v) is 2.46. The van der Waals surface area contributed by atoms with Crippen molar-refractivity contribution in [3.63, 3.8) is 0 Å². The van der Waals surface area contributed by atoms with E-state index in [1.54, 1.807) is 73.6 Å². The van der Waals surface area contributed by atoms with Gasteiger partial charge in [-0.3, -0.25) is 19.7 Å². The minimum absolute atomic E-state index is 0.292. The molecule has 27 heavy (non-hydrogen) atoms. The number of hydrazone groups is 1. The van der Waals surface area contributed by atoms with Gasteiger partial charge in [0.25, 0.3) is 5.91 Å². The highest BCUT2D eigenvalue weighted by Gasteiger charge is 2.18. The summed E-state index contributed by atoms with van der Waals surface area (Å²) in [6.07, 6.45) is 10.1. The Morgan fingerprint density at radius 1 is 0.926 bits per heavy atom. The van der Waals surface area contributed by atoms with Crippen LogP contribution in [0.3, 0.4) is 0 Å². The van der Waals surface area contributed by atoms with Gasteiger partial charge in [0.2, 0.25) is 0 Å². The number of nitrogens with one attached hydrogen (secondary N) is 1. The number of hydrogen-bond donors (Lipinski definition) is 1. The Morgan fingerprint density at radius 2 is 1.41 bits per heavy atom. The Kier molecular flexibility index (Phi) is 5.94. The molecule has 3 aromatic heterocycles. The van der Waals surface area contributed by atoms with E-state index in [1.165, 1.54) is 0 Å². The van der Waals surface area contributed by atoms with Crippen molar-refractivity contribution in [3.05, 3.63) is 90.3 Å². The topological polar surface area (TPSA) is 104 Å². The molecular weight excluding hydrogens is 340 g/mol. The van der Waals surface area contributed by atoms with E-state index in [1.807, 2.05) is 6.07 Å². The SMILES string of the molecule is N#CC(Cc1ccncc1)C(=O)NN=C(c1ccncc1)c1ccncc1. The Morgan fingerprint density at radius 3 is 1.89 bits per heavy atom. The maximum Gasteiger partial charge on any atom is 0.257 e. The predicted octanol–water partition coefficient (Wildman–Crippen LogP) is 2.12. The van der Waals surface area contributed by atoms with Crippen LogP contribution in [-0.4, -0.2) is 26.6 Å². The maximum absolute atomic E-state index is 12.5. The van der Waals surface area contributed by atoms with Crippen LogP contribution in [0.25, 0.3) is 0 Å². The average Bonchev–Trinajstić information content (AvgIpc) is 2.74. The molecule has 0 bridgehead atoms. The summed E-state index contributed by atoms with van der Waals surface area (Å²) in [6, 6.07) is 12.8. The fraction of sp³-hybridized carbons (Fsp3) is 0.100. The molecule has 0 saturated heterocycles. The number of nitrogens with zero attached hydrogens (tertiary/aromatic N) is 5. The maximum atomic E-state index is 12.5. The summed E-state index contributed by atoms with van der Waals surface area (Å²) in [7, 11) is 0. The van der Waals surface area contributed by atoms with E-state index in [9.17, 15) is 10.1 Å². The van der Waals surface area contributed by atoms with Gasteiger partial charge in [0.05, 0.1) is 11.8 Å². The van der Waals surface area contributed by atoms with Gasteiger partial charge >= 0.3 is 0 Å². The second-order valence-electron chi connectivity index (χ2n) is 5.65. The third-order valence-electron chi connectivity index (χ3n) is 3.85. The highest BCUT2D eigenvalue weighted by atomic mass is 16.2. The predicted molar refractivity (Wildman–Crippen MR) is 99.3 cm³/mol. The monoisotopic (exact) mass is 356 g/mol. The fourth-order valence-electron chi connectivity index (χ4n) is 2.46. The van der Waals surface area contributed by atoms with Crippen LogP contribution in [0, 0.1) is 17.2 Å². The highest BCUT2D eigenvalue weighted by molar-refractivity contribution is 6.13. The van der Waals surface area contributed by atoms with Crippen molar-refractivity contribution in [3.8, 4) is 6.07 Å². The van der Waals surface area contributed by atoms with Crippen molar-refractivity contribution in [2.24, 2.45) is 11.0 Å². The van der Waals surface area contributed by atoms with Crippen molar-refractivity contribution in [1.82, 2.24) is 20.4 Å². The number of nitriles is 1. The molecule has 7 nitrogen and oxygen atoms in total. The van der Waals surface area contributed by atoms with Gasteiger partial charge in [0.15, 0.2) is 0 Å². The first-order valence-corrected chi connectivity index (χ1v) is 8.25. The van der Waals surface area contributed by atoms with Gasteiger partial charge in [0.1, 0.15) is 5.92 Å². The van der Waals surface area contributed by atoms with Crippen LogP contribution < -0.4 is 5.43 Å². The second kappa shape index (κ2) is 8.97. The van der Waals surface area contributed by atoms with E-state index in [-0.39, 0.29) is 0 Å². The van der Waals surface area contributed by atoms with Gasteiger partial charge < -0.3 is 0 Å². The molecule has 132 valence electrons. The van der Waals surface area contributed by atoms with Crippen molar-refractivity contribution in [2.75, 3.05) is 0 Å². The molecule has 0 aliphatic carbocycles. The number of aromatic nitrogens is 3. The van der Waals surface area contributed by atoms with Crippen LogP contribution in [-0.2, 0) is 11.2 Å². The average molecular weight is 356 g/mol. The zero-order chi connectivity index (χ0) is 18.9. The minimum atomic E-state index is -0.854. The number of amides is 1. The van der Waals surface area contributed by atoms with Gasteiger partial charge in [-0.15, -0.1) is 0 Å². The number of carbonyl (C=O) groups is 1. The molecule has 1 amide bonds. The Bertz CT molecular complexity index is 911. The normalized spacial score (nSPS) is 11.1. The zero-order valence-electron chi connectivity index (χ0n) is 14.4. The molecule has 7 heteroatoms. The summed E-state index contributed by atoms with van der Waals surface area (Å²) in [5, 5.41) is 13.6. The van der Waals surface area contributed by atoms with Gasteiger partial charge in [-0.1, -0.05) is 0 Å². The molecule has 0 saturated carbocycles. The summed E-state index contributed by atoms with van der Waals surface area (Å²) < 4.78 is 0. The third kappa shape index (κ3) is 4.80. The third-order valence-corrected chi connectivity index (χ3v) is 3.85. The lowest BCUT2D eigenvalue weighted by Crippen LogP contribution is -2.28. The molecule has 0 aromatic carbocycles. The van der Waals surface area contributed by atoms with E-state index < -0.39 is 11.8 Å². The summed E-state index contributed by atoms with van der Waals surface area (Å²) in [5.74, 6) is -1.32. The van der Waals surface area contributed by atoms with Crippen molar-refractivity contribution in [1.29, 1.82) is 5.26 Å². The summed E-state index contributed by atoms with van der Waals surface area (Å²) in [6.45, 7) is 0. The number of pyridine rings is 3. The van der Waals surface area contributed by atoms with Crippen molar-refractivity contribution in [2.45, 2.75) is 6.42 Å². The van der Waals surface area contributed by atoms with Gasteiger partial charge in [-0.05, 0) is 48.4 Å². The standard InChI is InChI=1S/C20H16N6O/c21-14-18(13-15-1-7-22-8-2-15)20(27)26-25-19(16-3-9-23-10-4-16)17-5-11-24-12-6-17/h1-12,18H,13H2,(H,26,27). The summed E-state index contributed by atoms with van der Waals surface area (Å²) in [5.41, 5.74) is 5.53. The molecular formula is C20H16N6O. The first-order valence-electron chi connectivity index (χ1n) is 8.25. The van der Waals surface area contributed by atoms with Crippen LogP contribution in [0.1, 0.15) is 16.7 Å². The van der Waals surface area contributed by atoms with Crippen LogP contribution in [0.4, 0.5) is 0 Å². The lowest BCUT2D eigenvalue weighted by molar-refractivity contribution is -0.123. The molecule has 0 aliphatic rings. The molecule has 0 radical (unpaired) electrons. The van der Waals surface area contributed by atoms with Crippen LogP contribution in [0.2, 0.25) is 0 Å². The highest BCUT2D eigenvalue weighted by Crippen LogP contribution is 2.10. The molecule has 1 N–H and O–H groups in total. The Hall–Kier alpha value is -3.92.